The Morgan fingerprint density at radius 1 is 1.19 bits per heavy atom. The summed E-state index contributed by atoms with van der Waals surface area (Å²) in [5.74, 6) is 0.139. The summed E-state index contributed by atoms with van der Waals surface area (Å²) in [6.07, 6.45) is 0.914. The number of carbonyl (C=O) groups excluding carboxylic acids is 1. The minimum absolute atomic E-state index is 0.184. The lowest BCUT2D eigenvalue weighted by Crippen LogP contribution is -2.40. The standard InChI is InChI=1S/C22H24BrN3O4S2/c1-3-26-20-18(23)5-4-6-19(20)31-22(26)24-21(27)15-11-13-25(14-12-15)32(28,29)17-9-7-16(30-2)8-10-17/h4-10,15H,3,11-14H2,1-2H3. The average Bonchev–Trinajstić information content (AvgIpc) is 3.17. The van der Waals surface area contributed by atoms with Crippen molar-refractivity contribution in [2.75, 3.05) is 20.2 Å². The third-order valence-electron chi connectivity index (χ3n) is 5.67. The fourth-order valence-electron chi connectivity index (χ4n) is 3.89. The van der Waals surface area contributed by atoms with E-state index in [2.05, 4.69) is 20.9 Å². The van der Waals surface area contributed by atoms with Crippen LogP contribution in [0, 0.1) is 5.92 Å². The van der Waals surface area contributed by atoms with E-state index in [1.807, 2.05) is 29.7 Å². The first-order chi connectivity index (χ1) is 15.3. The van der Waals surface area contributed by atoms with E-state index in [-0.39, 0.29) is 16.7 Å². The fraction of sp³-hybridized carbons (Fsp3) is 0.364. The molecule has 1 fully saturated rings. The van der Waals surface area contributed by atoms with E-state index in [4.69, 9.17) is 4.74 Å². The number of nitrogens with zero attached hydrogens (tertiary/aromatic N) is 3. The van der Waals surface area contributed by atoms with Crippen LogP contribution in [0.15, 0.2) is 56.8 Å². The lowest BCUT2D eigenvalue weighted by atomic mass is 9.98. The number of methoxy groups -OCH3 is 1. The molecule has 1 aliphatic heterocycles. The highest BCUT2D eigenvalue weighted by molar-refractivity contribution is 9.10. The first-order valence-corrected chi connectivity index (χ1v) is 13.4. The number of aryl methyl sites for hydroxylation is 1. The lowest BCUT2D eigenvalue weighted by molar-refractivity contribution is -0.122. The van der Waals surface area contributed by atoms with Gasteiger partial charge in [0.2, 0.25) is 10.0 Å². The van der Waals surface area contributed by atoms with Crippen LogP contribution in [-0.2, 0) is 21.4 Å². The third kappa shape index (κ3) is 4.41. The van der Waals surface area contributed by atoms with Gasteiger partial charge >= 0.3 is 0 Å². The Labute approximate surface area is 199 Å². The molecule has 1 aliphatic rings. The largest absolute Gasteiger partial charge is 0.497 e. The molecule has 0 atom stereocenters. The first-order valence-electron chi connectivity index (χ1n) is 10.4. The van der Waals surface area contributed by atoms with Crippen LogP contribution in [-0.4, -0.2) is 43.4 Å². The van der Waals surface area contributed by atoms with Gasteiger partial charge in [0.1, 0.15) is 5.75 Å². The molecule has 2 aromatic carbocycles. The number of benzene rings is 2. The normalized spacial score (nSPS) is 16.5. The van der Waals surface area contributed by atoms with E-state index in [1.165, 1.54) is 22.8 Å². The zero-order valence-corrected chi connectivity index (χ0v) is 21.0. The second-order valence-corrected chi connectivity index (χ2v) is 11.3. The summed E-state index contributed by atoms with van der Waals surface area (Å²) in [4.78, 5) is 18.3. The molecule has 3 aromatic rings. The van der Waals surface area contributed by atoms with Crippen LogP contribution in [0.4, 0.5) is 0 Å². The molecular formula is C22H24BrN3O4S2. The highest BCUT2D eigenvalue weighted by atomic mass is 79.9. The first kappa shape index (κ1) is 23.2. The van der Waals surface area contributed by atoms with Crippen molar-refractivity contribution in [1.29, 1.82) is 0 Å². The summed E-state index contributed by atoms with van der Waals surface area (Å²) in [6, 6.07) is 12.3. The molecule has 0 unspecified atom stereocenters. The number of aromatic nitrogens is 1. The van der Waals surface area contributed by atoms with Crippen molar-refractivity contribution in [3.8, 4) is 5.75 Å². The Balaban J connectivity index is 1.50. The predicted molar refractivity (Wildman–Crippen MR) is 128 cm³/mol. The number of rotatable bonds is 5. The van der Waals surface area contributed by atoms with Crippen LogP contribution in [0.1, 0.15) is 19.8 Å². The number of carbonyl (C=O) groups is 1. The number of amides is 1. The van der Waals surface area contributed by atoms with E-state index < -0.39 is 10.0 Å². The van der Waals surface area contributed by atoms with Crippen molar-refractivity contribution >= 4 is 53.4 Å². The zero-order valence-electron chi connectivity index (χ0n) is 17.8. The van der Waals surface area contributed by atoms with Gasteiger partial charge < -0.3 is 9.30 Å². The second kappa shape index (κ2) is 9.46. The number of thiazole rings is 1. The summed E-state index contributed by atoms with van der Waals surface area (Å²) in [7, 11) is -2.06. The van der Waals surface area contributed by atoms with Crippen LogP contribution in [0.2, 0.25) is 0 Å². The molecule has 0 aliphatic carbocycles. The average molecular weight is 538 g/mol. The number of sulfonamides is 1. The molecule has 1 amide bonds. The summed E-state index contributed by atoms with van der Waals surface area (Å²) in [6.45, 7) is 3.32. The molecule has 32 heavy (non-hydrogen) atoms. The van der Waals surface area contributed by atoms with E-state index in [0.717, 1.165) is 14.7 Å². The summed E-state index contributed by atoms with van der Waals surface area (Å²) in [5, 5.41) is 0. The van der Waals surface area contributed by atoms with Gasteiger partial charge in [0.15, 0.2) is 4.80 Å². The van der Waals surface area contributed by atoms with Crippen LogP contribution in [0.25, 0.3) is 10.2 Å². The molecule has 1 aromatic heterocycles. The molecule has 2 heterocycles. The number of hydrogen-bond acceptors (Lipinski definition) is 5. The second-order valence-electron chi connectivity index (χ2n) is 7.52. The highest BCUT2D eigenvalue weighted by Crippen LogP contribution is 2.27. The number of piperidine rings is 1. The van der Waals surface area contributed by atoms with Gasteiger partial charge in [-0.15, -0.1) is 0 Å². The monoisotopic (exact) mass is 537 g/mol. The molecule has 0 saturated carbocycles. The Hall–Kier alpha value is -2.01. The molecular weight excluding hydrogens is 514 g/mol. The quantitative estimate of drug-likeness (QED) is 0.492. The summed E-state index contributed by atoms with van der Waals surface area (Å²) < 4.78 is 36.5. The van der Waals surface area contributed by atoms with Crippen LogP contribution in [0.3, 0.4) is 0 Å². The van der Waals surface area contributed by atoms with E-state index >= 15 is 0 Å². The molecule has 0 N–H and O–H groups in total. The third-order valence-corrected chi connectivity index (χ3v) is 9.27. The molecule has 4 rings (SSSR count). The summed E-state index contributed by atoms with van der Waals surface area (Å²) in [5.41, 5.74) is 1.03. The molecule has 10 heteroatoms. The molecule has 7 nitrogen and oxygen atoms in total. The number of hydrogen-bond donors (Lipinski definition) is 0. The molecule has 1 saturated heterocycles. The topological polar surface area (TPSA) is 81.0 Å². The smallest absolute Gasteiger partial charge is 0.251 e. The van der Waals surface area contributed by atoms with Gasteiger partial charge in [-0.05, 0) is 72.1 Å². The van der Waals surface area contributed by atoms with Crippen LogP contribution in [0.5, 0.6) is 5.75 Å². The van der Waals surface area contributed by atoms with Gasteiger partial charge in [-0.3, -0.25) is 4.79 Å². The Bertz CT molecular complexity index is 1310. The number of para-hydroxylation sites is 1. The Kier molecular flexibility index (Phi) is 6.85. The maximum Gasteiger partial charge on any atom is 0.251 e. The molecule has 170 valence electrons. The predicted octanol–water partition coefficient (Wildman–Crippen LogP) is 4.02. The van der Waals surface area contributed by atoms with Gasteiger partial charge in [-0.2, -0.15) is 9.30 Å². The van der Waals surface area contributed by atoms with Crippen molar-refractivity contribution in [2.45, 2.75) is 31.2 Å². The van der Waals surface area contributed by atoms with Crippen molar-refractivity contribution in [1.82, 2.24) is 8.87 Å². The number of ether oxygens (including phenoxy) is 1. The van der Waals surface area contributed by atoms with Gasteiger partial charge in [0.05, 0.1) is 22.2 Å². The van der Waals surface area contributed by atoms with Gasteiger partial charge in [-0.1, -0.05) is 17.4 Å². The van der Waals surface area contributed by atoms with Crippen LogP contribution >= 0.6 is 27.3 Å². The minimum atomic E-state index is -3.60. The maximum atomic E-state index is 12.9. The molecule has 0 spiro atoms. The maximum absolute atomic E-state index is 12.9. The van der Waals surface area contributed by atoms with Crippen molar-refractivity contribution < 1.29 is 17.9 Å². The van der Waals surface area contributed by atoms with E-state index in [0.29, 0.717) is 43.0 Å². The number of halogens is 1. The van der Waals surface area contributed by atoms with Gasteiger partial charge in [0, 0.05) is 30.0 Å². The van der Waals surface area contributed by atoms with Crippen molar-refractivity contribution in [3.63, 3.8) is 0 Å². The molecule has 0 bridgehead atoms. The van der Waals surface area contributed by atoms with Gasteiger partial charge in [0.25, 0.3) is 5.91 Å². The van der Waals surface area contributed by atoms with Crippen molar-refractivity contribution in [3.05, 3.63) is 51.7 Å². The SMILES string of the molecule is CCn1c(=NC(=O)C2CCN(S(=O)(=O)c3ccc(OC)cc3)CC2)sc2cccc(Br)c21. The highest BCUT2D eigenvalue weighted by Gasteiger charge is 2.32. The minimum Gasteiger partial charge on any atom is -0.497 e. The fourth-order valence-corrected chi connectivity index (χ4v) is 7.20. The van der Waals surface area contributed by atoms with Crippen molar-refractivity contribution in [2.24, 2.45) is 10.9 Å². The van der Waals surface area contributed by atoms with Gasteiger partial charge in [-0.25, -0.2) is 8.42 Å². The zero-order chi connectivity index (χ0) is 22.9. The summed E-state index contributed by atoms with van der Waals surface area (Å²) >= 11 is 5.08. The Morgan fingerprint density at radius 2 is 1.88 bits per heavy atom. The van der Waals surface area contributed by atoms with E-state index in [1.54, 1.807) is 24.3 Å². The number of fused-ring (bicyclic) bond motifs is 1. The lowest BCUT2D eigenvalue weighted by Gasteiger charge is -2.29. The molecule has 0 radical (unpaired) electrons. The van der Waals surface area contributed by atoms with Crippen LogP contribution < -0.4 is 9.54 Å². The van der Waals surface area contributed by atoms with E-state index in [9.17, 15) is 13.2 Å². The Morgan fingerprint density at radius 3 is 2.50 bits per heavy atom.